The van der Waals surface area contributed by atoms with Crippen molar-refractivity contribution in [3.63, 3.8) is 0 Å². The van der Waals surface area contributed by atoms with Gasteiger partial charge in [0.1, 0.15) is 0 Å². The zero-order chi connectivity index (χ0) is 11.0. The molecule has 0 N–H and O–H groups in total. The molecule has 1 heteroatoms. The summed E-state index contributed by atoms with van der Waals surface area (Å²) in [5.41, 5.74) is 3.56. The highest BCUT2D eigenvalue weighted by molar-refractivity contribution is 5.26. The molecule has 0 aliphatic carbocycles. The van der Waals surface area contributed by atoms with Gasteiger partial charge in [0.2, 0.25) is 0 Å². The van der Waals surface area contributed by atoms with Gasteiger partial charge in [0.15, 0.2) is 0 Å². The van der Waals surface area contributed by atoms with Gasteiger partial charge < -0.3 is 0 Å². The molecule has 0 aromatic carbocycles. The van der Waals surface area contributed by atoms with Gasteiger partial charge in [-0.05, 0) is 37.1 Å². The number of fused-ring (bicyclic) bond motifs is 2. The van der Waals surface area contributed by atoms with Crippen molar-refractivity contribution in [1.82, 2.24) is 4.90 Å². The Morgan fingerprint density at radius 3 is 2.47 bits per heavy atom. The van der Waals surface area contributed by atoms with Crippen LogP contribution < -0.4 is 0 Å². The van der Waals surface area contributed by atoms with Crippen LogP contribution in [0, 0.1) is 17.8 Å². The van der Waals surface area contributed by atoms with Crippen LogP contribution in [0.3, 0.4) is 0 Å². The van der Waals surface area contributed by atoms with Crippen molar-refractivity contribution < 1.29 is 0 Å². The highest BCUT2D eigenvalue weighted by atomic mass is 15.1. The lowest BCUT2D eigenvalue weighted by Gasteiger charge is -2.43. The maximum atomic E-state index is 2.66. The van der Waals surface area contributed by atoms with Crippen LogP contribution in [0.5, 0.6) is 0 Å². The summed E-state index contributed by atoms with van der Waals surface area (Å²) < 4.78 is 0. The normalized spacial score (nSPS) is 31.6. The van der Waals surface area contributed by atoms with E-state index in [1.165, 1.54) is 32.5 Å². The van der Waals surface area contributed by atoms with E-state index < -0.39 is 0 Å². The van der Waals surface area contributed by atoms with E-state index in [9.17, 15) is 0 Å². The van der Waals surface area contributed by atoms with E-state index >= 15 is 0 Å². The molecule has 1 nitrogen and oxygen atoms in total. The predicted octanol–water partition coefficient (Wildman–Crippen LogP) is 3.32. The molecule has 1 fully saturated rings. The third kappa shape index (κ3) is 2.13. The summed E-state index contributed by atoms with van der Waals surface area (Å²) in [4.78, 5) is 2.66. The molecule has 2 atom stereocenters. The molecule has 2 rings (SSSR count). The molecule has 0 saturated carbocycles. The van der Waals surface area contributed by atoms with E-state index in [-0.39, 0.29) is 0 Å². The molecule has 2 aliphatic heterocycles. The summed E-state index contributed by atoms with van der Waals surface area (Å²) in [6.45, 7) is 13.4. The lowest BCUT2D eigenvalue weighted by Crippen LogP contribution is -2.43. The maximum Gasteiger partial charge on any atom is 0.0198 e. The summed E-state index contributed by atoms with van der Waals surface area (Å²) in [5.74, 6) is 2.38. The Bertz CT molecular complexity index is 263. The van der Waals surface area contributed by atoms with E-state index in [0.717, 1.165) is 17.8 Å². The van der Waals surface area contributed by atoms with E-state index in [2.05, 4.69) is 32.6 Å². The second-order valence-electron chi connectivity index (χ2n) is 5.86. The van der Waals surface area contributed by atoms with Crippen molar-refractivity contribution >= 4 is 0 Å². The fourth-order valence-corrected chi connectivity index (χ4v) is 3.41. The Hall–Kier alpha value is -0.300. The van der Waals surface area contributed by atoms with E-state index in [1.54, 1.807) is 11.1 Å². The number of nitrogens with zero attached hydrogens (tertiary/aromatic N) is 1. The summed E-state index contributed by atoms with van der Waals surface area (Å²) >= 11 is 0. The number of rotatable bonds is 2. The summed E-state index contributed by atoms with van der Waals surface area (Å²) in [6, 6.07) is 0. The third-order valence-electron chi connectivity index (χ3n) is 4.03. The van der Waals surface area contributed by atoms with Crippen LogP contribution in [0.4, 0.5) is 0 Å². The fraction of sp³-hybridized carbons (Fsp3) is 0.857. The first-order valence-corrected chi connectivity index (χ1v) is 6.54. The van der Waals surface area contributed by atoms with Crippen LogP contribution in [-0.4, -0.2) is 24.5 Å². The minimum Gasteiger partial charge on any atom is -0.299 e. The highest BCUT2D eigenvalue weighted by Crippen LogP contribution is 2.37. The van der Waals surface area contributed by atoms with Crippen LogP contribution in [0.25, 0.3) is 0 Å². The SMILES string of the molecule is CC(C)C1=C(C(C)C)C2CCCN(C1)C2. The Morgan fingerprint density at radius 1 is 1.13 bits per heavy atom. The van der Waals surface area contributed by atoms with Crippen molar-refractivity contribution in [2.24, 2.45) is 17.8 Å². The van der Waals surface area contributed by atoms with Gasteiger partial charge in [-0.2, -0.15) is 0 Å². The zero-order valence-corrected chi connectivity index (χ0v) is 10.7. The first-order valence-electron chi connectivity index (χ1n) is 6.54. The lowest BCUT2D eigenvalue weighted by molar-refractivity contribution is 0.174. The monoisotopic (exact) mass is 207 g/mol. The highest BCUT2D eigenvalue weighted by Gasteiger charge is 2.32. The molecular formula is C14H25N. The van der Waals surface area contributed by atoms with Gasteiger partial charge >= 0.3 is 0 Å². The molecule has 0 aromatic heterocycles. The van der Waals surface area contributed by atoms with Crippen molar-refractivity contribution in [2.75, 3.05) is 19.6 Å². The van der Waals surface area contributed by atoms with Gasteiger partial charge in [-0.25, -0.2) is 0 Å². The molecule has 2 unspecified atom stereocenters. The van der Waals surface area contributed by atoms with Crippen molar-refractivity contribution in [1.29, 1.82) is 0 Å². The van der Waals surface area contributed by atoms with E-state index in [1.807, 2.05) is 0 Å². The van der Waals surface area contributed by atoms with Gasteiger partial charge in [-0.15, -0.1) is 0 Å². The fourth-order valence-electron chi connectivity index (χ4n) is 3.41. The molecule has 0 spiro atoms. The van der Waals surface area contributed by atoms with Crippen molar-refractivity contribution in [3.05, 3.63) is 11.1 Å². The predicted molar refractivity (Wildman–Crippen MR) is 65.9 cm³/mol. The first kappa shape index (κ1) is 11.2. The number of hydrogen-bond acceptors (Lipinski definition) is 1. The van der Waals surface area contributed by atoms with Gasteiger partial charge in [0.05, 0.1) is 0 Å². The molecule has 2 aliphatic rings. The average Bonchev–Trinajstić information content (AvgIpc) is 2.16. The molecule has 86 valence electrons. The summed E-state index contributed by atoms with van der Waals surface area (Å²) in [6.07, 6.45) is 2.84. The molecule has 2 heterocycles. The van der Waals surface area contributed by atoms with Crippen LogP contribution in [0.15, 0.2) is 11.1 Å². The standard InChI is InChI=1S/C14H25N/c1-10(2)13-9-15-7-5-6-12(8-15)14(13)11(3)4/h10-12H,5-9H2,1-4H3. The molecule has 0 aromatic rings. The van der Waals surface area contributed by atoms with Gasteiger partial charge in [0.25, 0.3) is 0 Å². The van der Waals surface area contributed by atoms with Crippen LogP contribution in [0.1, 0.15) is 40.5 Å². The Kier molecular flexibility index (Phi) is 3.20. The molecule has 15 heavy (non-hydrogen) atoms. The zero-order valence-electron chi connectivity index (χ0n) is 10.7. The number of piperidine rings is 1. The minimum atomic E-state index is 0.741. The second-order valence-corrected chi connectivity index (χ2v) is 5.86. The smallest absolute Gasteiger partial charge is 0.0198 e. The molecule has 2 bridgehead atoms. The molecular weight excluding hydrogens is 182 g/mol. The molecule has 0 radical (unpaired) electrons. The van der Waals surface area contributed by atoms with E-state index in [0.29, 0.717) is 0 Å². The van der Waals surface area contributed by atoms with Crippen LogP contribution in [-0.2, 0) is 0 Å². The van der Waals surface area contributed by atoms with Crippen molar-refractivity contribution in [2.45, 2.75) is 40.5 Å². The average molecular weight is 207 g/mol. The van der Waals surface area contributed by atoms with Gasteiger partial charge in [-0.1, -0.05) is 38.8 Å². The minimum absolute atomic E-state index is 0.741. The Morgan fingerprint density at radius 2 is 1.87 bits per heavy atom. The largest absolute Gasteiger partial charge is 0.299 e. The molecule has 1 saturated heterocycles. The summed E-state index contributed by atoms with van der Waals surface area (Å²) in [7, 11) is 0. The Balaban J connectivity index is 2.33. The van der Waals surface area contributed by atoms with Crippen LogP contribution in [0.2, 0.25) is 0 Å². The molecule has 0 amide bonds. The van der Waals surface area contributed by atoms with Crippen molar-refractivity contribution in [3.8, 4) is 0 Å². The maximum absolute atomic E-state index is 2.66. The second kappa shape index (κ2) is 4.29. The van der Waals surface area contributed by atoms with E-state index in [4.69, 9.17) is 0 Å². The van der Waals surface area contributed by atoms with Crippen LogP contribution >= 0.6 is 0 Å². The number of hydrogen-bond donors (Lipinski definition) is 0. The van der Waals surface area contributed by atoms with Gasteiger partial charge in [0, 0.05) is 13.1 Å². The summed E-state index contributed by atoms with van der Waals surface area (Å²) in [5, 5.41) is 0. The quantitative estimate of drug-likeness (QED) is 0.628. The first-order chi connectivity index (χ1) is 7.09. The lowest BCUT2D eigenvalue weighted by atomic mass is 9.76. The third-order valence-corrected chi connectivity index (χ3v) is 4.03. The van der Waals surface area contributed by atoms with Gasteiger partial charge in [-0.3, -0.25) is 4.90 Å². The Labute approximate surface area is 94.5 Å². The topological polar surface area (TPSA) is 3.24 Å².